The number of fused-ring (bicyclic) bond motifs is 1. The summed E-state index contributed by atoms with van der Waals surface area (Å²) in [6.07, 6.45) is 3.25. The monoisotopic (exact) mass is 290 g/mol. The molecule has 1 atom stereocenters. The number of rotatable bonds is 6. The summed E-state index contributed by atoms with van der Waals surface area (Å²) in [5.74, 6) is -0.165. The number of benzene rings is 1. The van der Waals surface area contributed by atoms with E-state index in [1.807, 2.05) is 31.2 Å². The molecular formula is C15H18N2O2S. The molecule has 0 aliphatic heterocycles. The second-order valence-corrected chi connectivity index (χ2v) is 5.53. The van der Waals surface area contributed by atoms with E-state index in [9.17, 15) is 4.79 Å². The number of para-hydroxylation sites is 1. The van der Waals surface area contributed by atoms with Gasteiger partial charge in [0.2, 0.25) is 0 Å². The van der Waals surface area contributed by atoms with Crippen LogP contribution in [0.1, 0.15) is 26.7 Å². The number of carbonyl (C=O) groups is 1. The van der Waals surface area contributed by atoms with Crippen molar-refractivity contribution < 1.29 is 9.53 Å². The maximum absolute atomic E-state index is 12.0. The van der Waals surface area contributed by atoms with Gasteiger partial charge >= 0.3 is 5.97 Å². The van der Waals surface area contributed by atoms with Gasteiger partial charge in [-0.05, 0) is 19.4 Å². The Morgan fingerprint density at radius 2 is 2.10 bits per heavy atom. The Hall–Kier alpha value is -1.62. The Morgan fingerprint density at radius 1 is 1.30 bits per heavy atom. The fraction of sp³-hybridized carbons (Fsp3) is 0.400. The van der Waals surface area contributed by atoms with Gasteiger partial charge in [0.25, 0.3) is 0 Å². The average Bonchev–Trinajstić information content (AvgIpc) is 2.47. The van der Waals surface area contributed by atoms with Crippen molar-refractivity contribution in [3.63, 3.8) is 0 Å². The molecule has 0 fully saturated rings. The number of nitrogens with zero attached hydrogens (tertiary/aromatic N) is 2. The molecule has 20 heavy (non-hydrogen) atoms. The first kappa shape index (κ1) is 14.8. The molecule has 0 N–H and O–H groups in total. The highest BCUT2D eigenvalue weighted by molar-refractivity contribution is 8.00. The van der Waals surface area contributed by atoms with Crippen LogP contribution in [0.3, 0.4) is 0 Å². The lowest BCUT2D eigenvalue weighted by atomic mass is 10.2. The van der Waals surface area contributed by atoms with E-state index in [0.29, 0.717) is 6.61 Å². The SMILES string of the molecule is CCCC(Sc1ncnc2ccccc12)C(=O)OCC. The van der Waals surface area contributed by atoms with E-state index in [4.69, 9.17) is 4.74 Å². The van der Waals surface area contributed by atoms with Crippen molar-refractivity contribution >= 4 is 28.6 Å². The van der Waals surface area contributed by atoms with E-state index < -0.39 is 0 Å². The van der Waals surface area contributed by atoms with Crippen LogP contribution in [0.25, 0.3) is 10.9 Å². The van der Waals surface area contributed by atoms with E-state index in [1.165, 1.54) is 11.8 Å². The van der Waals surface area contributed by atoms with Crippen LogP contribution in [0, 0.1) is 0 Å². The van der Waals surface area contributed by atoms with Crippen molar-refractivity contribution in [1.82, 2.24) is 9.97 Å². The van der Waals surface area contributed by atoms with Crippen molar-refractivity contribution in [2.75, 3.05) is 6.61 Å². The molecule has 0 amide bonds. The normalized spacial score (nSPS) is 12.3. The lowest BCUT2D eigenvalue weighted by Gasteiger charge is -2.14. The quantitative estimate of drug-likeness (QED) is 0.463. The van der Waals surface area contributed by atoms with Crippen LogP contribution >= 0.6 is 11.8 Å². The third-order valence-corrected chi connectivity index (χ3v) is 4.12. The first-order chi connectivity index (χ1) is 9.76. The number of ether oxygens (including phenoxy) is 1. The molecule has 0 saturated carbocycles. The number of aromatic nitrogens is 2. The van der Waals surface area contributed by atoms with Gasteiger partial charge in [-0.1, -0.05) is 43.3 Å². The van der Waals surface area contributed by atoms with Gasteiger partial charge in [0, 0.05) is 5.39 Å². The molecular weight excluding hydrogens is 272 g/mol. The molecule has 0 bridgehead atoms. The molecule has 4 nitrogen and oxygen atoms in total. The highest BCUT2D eigenvalue weighted by atomic mass is 32.2. The number of thioether (sulfide) groups is 1. The largest absolute Gasteiger partial charge is 0.465 e. The predicted molar refractivity (Wildman–Crippen MR) is 80.7 cm³/mol. The minimum absolute atomic E-state index is 0.165. The summed E-state index contributed by atoms with van der Waals surface area (Å²) in [6.45, 7) is 4.29. The summed E-state index contributed by atoms with van der Waals surface area (Å²) in [7, 11) is 0. The summed E-state index contributed by atoms with van der Waals surface area (Å²) in [5, 5.41) is 1.60. The van der Waals surface area contributed by atoms with Gasteiger partial charge in [-0.3, -0.25) is 4.79 Å². The van der Waals surface area contributed by atoms with Crippen LogP contribution in [0.15, 0.2) is 35.6 Å². The molecule has 0 aliphatic carbocycles. The first-order valence-corrected chi connectivity index (χ1v) is 7.67. The van der Waals surface area contributed by atoms with E-state index in [0.717, 1.165) is 28.8 Å². The lowest BCUT2D eigenvalue weighted by molar-refractivity contribution is -0.142. The molecule has 2 aromatic rings. The van der Waals surface area contributed by atoms with Crippen molar-refractivity contribution in [1.29, 1.82) is 0 Å². The van der Waals surface area contributed by atoms with Crippen molar-refractivity contribution in [2.45, 2.75) is 37.0 Å². The molecule has 2 rings (SSSR count). The van der Waals surface area contributed by atoms with Gasteiger partial charge in [-0.25, -0.2) is 9.97 Å². The highest BCUT2D eigenvalue weighted by Crippen LogP contribution is 2.30. The summed E-state index contributed by atoms with van der Waals surface area (Å²) in [4.78, 5) is 20.5. The van der Waals surface area contributed by atoms with Crippen molar-refractivity contribution in [3.05, 3.63) is 30.6 Å². The van der Waals surface area contributed by atoms with Gasteiger partial charge in [0.1, 0.15) is 16.6 Å². The molecule has 106 valence electrons. The zero-order valence-corrected chi connectivity index (χ0v) is 12.5. The predicted octanol–water partition coefficient (Wildman–Crippen LogP) is 3.45. The number of hydrogen-bond acceptors (Lipinski definition) is 5. The zero-order valence-electron chi connectivity index (χ0n) is 11.7. The van der Waals surface area contributed by atoms with E-state index in [1.54, 1.807) is 6.33 Å². The molecule has 1 unspecified atom stereocenters. The molecule has 1 heterocycles. The van der Waals surface area contributed by atoms with Gasteiger partial charge in [0.15, 0.2) is 0 Å². The van der Waals surface area contributed by atoms with Crippen LogP contribution in [0.4, 0.5) is 0 Å². The standard InChI is InChI=1S/C15H18N2O2S/c1-3-7-13(15(18)19-4-2)20-14-11-8-5-6-9-12(11)16-10-17-14/h5-6,8-10,13H,3-4,7H2,1-2H3. The number of esters is 1. The molecule has 0 aliphatic rings. The summed E-state index contributed by atoms with van der Waals surface area (Å²) < 4.78 is 5.14. The van der Waals surface area contributed by atoms with Crippen LogP contribution in [0.5, 0.6) is 0 Å². The van der Waals surface area contributed by atoms with E-state index in [2.05, 4.69) is 16.9 Å². The van der Waals surface area contributed by atoms with Crippen molar-refractivity contribution in [3.8, 4) is 0 Å². The van der Waals surface area contributed by atoms with Crippen LogP contribution in [-0.4, -0.2) is 27.8 Å². The minimum atomic E-state index is -0.210. The Balaban J connectivity index is 2.26. The zero-order chi connectivity index (χ0) is 14.4. The average molecular weight is 290 g/mol. The van der Waals surface area contributed by atoms with Crippen molar-refractivity contribution in [2.24, 2.45) is 0 Å². The Morgan fingerprint density at radius 3 is 2.85 bits per heavy atom. The van der Waals surface area contributed by atoms with Gasteiger partial charge in [0.05, 0.1) is 12.1 Å². The second kappa shape index (κ2) is 7.24. The Bertz CT molecular complexity index is 584. The maximum atomic E-state index is 12.0. The van der Waals surface area contributed by atoms with E-state index >= 15 is 0 Å². The fourth-order valence-corrected chi connectivity index (χ4v) is 3.13. The summed E-state index contributed by atoms with van der Waals surface area (Å²) in [5.41, 5.74) is 0.893. The maximum Gasteiger partial charge on any atom is 0.319 e. The molecule has 0 saturated heterocycles. The number of carbonyl (C=O) groups excluding carboxylic acids is 1. The summed E-state index contributed by atoms with van der Waals surface area (Å²) >= 11 is 1.47. The molecule has 1 aromatic heterocycles. The summed E-state index contributed by atoms with van der Waals surface area (Å²) in [6, 6.07) is 7.82. The van der Waals surface area contributed by atoms with Gasteiger partial charge < -0.3 is 4.74 Å². The molecule has 0 spiro atoms. The topological polar surface area (TPSA) is 52.1 Å². The van der Waals surface area contributed by atoms with E-state index in [-0.39, 0.29) is 11.2 Å². The Kier molecular flexibility index (Phi) is 5.35. The smallest absolute Gasteiger partial charge is 0.319 e. The van der Waals surface area contributed by atoms with Gasteiger partial charge in [-0.15, -0.1) is 0 Å². The Labute approximate surface area is 123 Å². The van der Waals surface area contributed by atoms with Crippen LogP contribution in [-0.2, 0) is 9.53 Å². The van der Waals surface area contributed by atoms with Crippen LogP contribution in [0.2, 0.25) is 0 Å². The number of hydrogen-bond donors (Lipinski definition) is 0. The second-order valence-electron chi connectivity index (χ2n) is 4.34. The minimum Gasteiger partial charge on any atom is -0.465 e. The molecule has 0 radical (unpaired) electrons. The van der Waals surface area contributed by atoms with Gasteiger partial charge in [-0.2, -0.15) is 0 Å². The third kappa shape index (κ3) is 3.48. The fourth-order valence-electron chi connectivity index (χ4n) is 1.93. The highest BCUT2D eigenvalue weighted by Gasteiger charge is 2.21. The first-order valence-electron chi connectivity index (χ1n) is 6.79. The molecule has 5 heteroatoms. The molecule has 1 aromatic carbocycles. The third-order valence-electron chi connectivity index (χ3n) is 2.86. The van der Waals surface area contributed by atoms with Crippen LogP contribution < -0.4 is 0 Å². The lowest BCUT2D eigenvalue weighted by Crippen LogP contribution is -2.20.